The number of hydrogen-bond donors (Lipinski definition) is 1. The number of hydrogen-bond acceptors (Lipinski definition) is 5. The number of carbonyl (C=O) groups is 1. The van der Waals surface area contributed by atoms with Gasteiger partial charge in [0.25, 0.3) is 0 Å². The van der Waals surface area contributed by atoms with Crippen LogP contribution in [0.15, 0.2) is 18.2 Å². The number of morpholine rings is 1. The number of nitrogens with one attached hydrogen (secondary N) is 1. The molecule has 1 aromatic carbocycles. The quantitative estimate of drug-likeness (QED) is 0.865. The number of carbonyl (C=O) groups excluding carboxylic acids is 1. The summed E-state index contributed by atoms with van der Waals surface area (Å²) in [7, 11) is 1.65. The van der Waals surface area contributed by atoms with Crippen molar-refractivity contribution < 1.29 is 19.0 Å². The number of rotatable bonds is 5. The molecule has 2 heterocycles. The molecule has 0 aliphatic carbocycles. The molecule has 1 fully saturated rings. The van der Waals surface area contributed by atoms with Crippen molar-refractivity contribution in [3.63, 3.8) is 0 Å². The Kier molecular flexibility index (Phi) is 5.35. The number of methoxy groups -OCH3 is 1. The van der Waals surface area contributed by atoms with Crippen molar-refractivity contribution in [2.45, 2.75) is 6.42 Å². The highest BCUT2D eigenvalue weighted by Gasteiger charge is 2.21. The van der Waals surface area contributed by atoms with Crippen LogP contribution in [-0.4, -0.2) is 63.9 Å². The smallest absolute Gasteiger partial charge is 0.234 e. The van der Waals surface area contributed by atoms with Gasteiger partial charge in [0.15, 0.2) is 0 Å². The normalized spacial score (nSPS) is 21.2. The molecule has 1 saturated heterocycles. The Labute approximate surface area is 136 Å². The van der Waals surface area contributed by atoms with Crippen molar-refractivity contribution >= 4 is 5.91 Å². The van der Waals surface area contributed by atoms with Crippen LogP contribution in [0.5, 0.6) is 11.5 Å². The zero-order valence-corrected chi connectivity index (χ0v) is 13.5. The van der Waals surface area contributed by atoms with E-state index in [-0.39, 0.29) is 5.91 Å². The molecule has 1 atom stereocenters. The average molecular weight is 320 g/mol. The van der Waals surface area contributed by atoms with E-state index in [0.29, 0.717) is 38.8 Å². The van der Waals surface area contributed by atoms with Crippen LogP contribution < -0.4 is 14.8 Å². The molecule has 0 aromatic heterocycles. The lowest BCUT2D eigenvalue weighted by atomic mass is 9.96. The minimum absolute atomic E-state index is 0.0763. The molecule has 1 N–H and O–H groups in total. The largest absolute Gasteiger partial charge is 0.497 e. The number of ether oxygens (including phenoxy) is 3. The molecule has 1 unspecified atom stereocenters. The molecule has 2 aliphatic rings. The Morgan fingerprint density at radius 3 is 3.00 bits per heavy atom. The third-order valence-corrected chi connectivity index (χ3v) is 4.32. The topological polar surface area (TPSA) is 60.0 Å². The van der Waals surface area contributed by atoms with E-state index in [4.69, 9.17) is 14.2 Å². The fraction of sp³-hybridized carbons (Fsp3) is 0.588. The monoisotopic (exact) mass is 320 g/mol. The summed E-state index contributed by atoms with van der Waals surface area (Å²) in [5.74, 6) is 2.08. The molecule has 1 aromatic rings. The first kappa shape index (κ1) is 16.1. The van der Waals surface area contributed by atoms with Crippen LogP contribution in [0.4, 0.5) is 0 Å². The zero-order chi connectivity index (χ0) is 16.1. The Balaban J connectivity index is 1.45. The summed E-state index contributed by atoms with van der Waals surface area (Å²) in [6.45, 7) is 4.80. The van der Waals surface area contributed by atoms with Crippen molar-refractivity contribution in [3.8, 4) is 11.5 Å². The first-order valence-electron chi connectivity index (χ1n) is 8.11. The standard InChI is InChI=1S/C17H24N2O4/c1-21-15-3-2-14-8-13(12-23-16(14)9-15)10-18-17(20)11-19-4-6-22-7-5-19/h2-3,9,13H,4-8,10-12H2,1H3,(H,18,20). The lowest BCUT2D eigenvalue weighted by Gasteiger charge is -2.28. The van der Waals surface area contributed by atoms with Gasteiger partial charge in [-0.3, -0.25) is 9.69 Å². The molecular weight excluding hydrogens is 296 g/mol. The number of benzene rings is 1. The van der Waals surface area contributed by atoms with Crippen LogP contribution >= 0.6 is 0 Å². The molecule has 6 heteroatoms. The van der Waals surface area contributed by atoms with E-state index in [2.05, 4.69) is 10.2 Å². The lowest BCUT2D eigenvalue weighted by Crippen LogP contribution is -2.44. The molecule has 0 radical (unpaired) electrons. The van der Waals surface area contributed by atoms with Crippen molar-refractivity contribution in [2.24, 2.45) is 5.92 Å². The second kappa shape index (κ2) is 7.66. The SMILES string of the molecule is COc1ccc2c(c1)OCC(CNC(=O)CN1CCOCC1)C2. The van der Waals surface area contributed by atoms with Crippen LogP contribution in [0, 0.1) is 5.92 Å². The van der Waals surface area contributed by atoms with Gasteiger partial charge in [-0.25, -0.2) is 0 Å². The van der Waals surface area contributed by atoms with Gasteiger partial charge in [0.1, 0.15) is 11.5 Å². The van der Waals surface area contributed by atoms with Gasteiger partial charge in [0, 0.05) is 31.6 Å². The van der Waals surface area contributed by atoms with Crippen LogP contribution in [-0.2, 0) is 16.0 Å². The summed E-state index contributed by atoms with van der Waals surface area (Å²) in [6.07, 6.45) is 0.914. The van der Waals surface area contributed by atoms with Gasteiger partial charge in [-0.1, -0.05) is 6.07 Å². The van der Waals surface area contributed by atoms with Gasteiger partial charge in [-0.2, -0.15) is 0 Å². The highest BCUT2D eigenvalue weighted by molar-refractivity contribution is 5.78. The predicted octanol–water partition coefficient (Wildman–Crippen LogP) is 0.695. The first-order valence-corrected chi connectivity index (χ1v) is 8.11. The molecular formula is C17H24N2O4. The van der Waals surface area contributed by atoms with Crippen LogP contribution in [0.3, 0.4) is 0 Å². The summed E-state index contributed by atoms with van der Waals surface area (Å²) >= 11 is 0. The van der Waals surface area contributed by atoms with Crippen LogP contribution in [0.25, 0.3) is 0 Å². The lowest BCUT2D eigenvalue weighted by molar-refractivity contribution is -0.123. The van der Waals surface area contributed by atoms with Crippen LogP contribution in [0.1, 0.15) is 5.56 Å². The van der Waals surface area contributed by atoms with E-state index >= 15 is 0 Å². The van der Waals surface area contributed by atoms with Crippen molar-refractivity contribution in [1.29, 1.82) is 0 Å². The van der Waals surface area contributed by atoms with Crippen molar-refractivity contribution in [1.82, 2.24) is 10.2 Å². The minimum atomic E-state index is 0.0763. The van der Waals surface area contributed by atoms with Crippen molar-refractivity contribution in [2.75, 3.05) is 53.1 Å². The predicted molar refractivity (Wildman–Crippen MR) is 86.0 cm³/mol. The van der Waals surface area contributed by atoms with Crippen molar-refractivity contribution in [3.05, 3.63) is 23.8 Å². The zero-order valence-electron chi connectivity index (χ0n) is 13.5. The Morgan fingerprint density at radius 2 is 2.22 bits per heavy atom. The summed E-state index contributed by atoms with van der Waals surface area (Å²) in [4.78, 5) is 14.2. The van der Waals surface area contributed by atoms with E-state index < -0.39 is 0 Å². The summed E-state index contributed by atoms with van der Waals surface area (Å²) < 4.78 is 16.3. The molecule has 3 rings (SSSR count). The third-order valence-electron chi connectivity index (χ3n) is 4.32. The van der Waals surface area contributed by atoms with Gasteiger partial charge in [-0.15, -0.1) is 0 Å². The molecule has 23 heavy (non-hydrogen) atoms. The molecule has 1 amide bonds. The number of amides is 1. The highest BCUT2D eigenvalue weighted by atomic mass is 16.5. The third kappa shape index (κ3) is 4.36. The Morgan fingerprint density at radius 1 is 1.39 bits per heavy atom. The van der Waals surface area contributed by atoms with E-state index in [1.165, 1.54) is 5.56 Å². The Bertz CT molecular complexity index is 543. The fourth-order valence-corrected chi connectivity index (χ4v) is 2.95. The summed E-state index contributed by atoms with van der Waals surface area (Å²) in [5.41, 5.74) is 1.17. The van der Waals surface area contributed by atoms with Gasteiger partial charge >= 0.3 is 0 Å². The molecule has 0 spiro atoms. The van der Waals surface area contributed by atoms with Gasteiger partial charge < -0.3 is 19.5 Å². The van der Waals surface area contributed by atoms with Gasteiger partial charge in [-0.05, 0) is 18.1 Å². The number of nitrogens with zero attached hydrogens (tertiary/aromatic N) is 1. The number of fused-ring (bicyclic) bond motifs is 1. The highest BCUT2D eigenvalue weighted by Crippen LogP contribution is 2.30. The molecule has 126 valence electrons. The fourth-order valence-electron chi connectivity index (χ4n) is 2.95. The summed E-state index contributed by atoms with van der Waals surface area (Å²) in [5, 5.41) is 3.03. The maximum Gasteiger partial charge on any atom is 0.234 e. The van der Waals surface area contributed by atoms with E-state index in [1.54, 1.807) is 7.11 Å². The minimum Gasteiger partial charge on any atom is -0.497 e. The maximum atomic E-state index is 12.0. The molecule has 0 bridgehead atoms. The molecule has 2 aliphatic heterocycles. The van der Waals surface area contributed by atoms with E-state index in [0.717, 1.165) is 31.0 Å². The average Bonchev–Trinajstić information content (AvgIpc) is 2.60. The maximum absolute atomic E-state index is 12.0. The first-order chi connectivity index (χ1) is 11.2. The second-order valence-corrected chi connectivity index (χ2v) is 6.05. The summed E-state index contributed by atoms with van der Waals surface area (Å²) in [6, 6.07) is 5.90. The van der Waals surface area contributed by atoms with E-state index in [9.17, 15) is 4.79 Å². The Hall–Kier alpha value is -1.79. The van der Waals surface area contributed by atoms with Crippen LogP contribution in [0.2, 0.25) is 0 Å². The second-order valence-electron chi connectivity index (χ2n) is 6.05. The van der Waals surface area contributed by atoms with Gasteiger partial charge in [0.05, 0.1) is 33.5 Å². The van der Waals surface area contributed by atoms with Gasteiger partial charge in [0.2, 0.25) is 5.91 Å². The van der Waals surface area contributed by atoms with E-state index in [1.807, 2.05) is 18.2 Å². The molecule has 6 nitrogen and oxygen atoms in total. The molecule has 0 saturated carbocycles.